The average Bonchev–Trinajstić information content (AvgIpc) is 2.90. The molecule has 0 unspecified atom stereocenters. The Kier molecular flexibility index (Phi) is 7.63. The molecule has 176 valence electrons. The molecule has 3 aromatic rings. The van der Waals surface area contributed by atoms with E-state index in [9.17, 15) is 0 Å². The Hall–Kier alpha value is -4.31. The number of rotatable bonds is 9. The van der Waals surface area contributed by atoms with Gasteiger partial charge in [-0.3, -0.25) is 0 Å². The number of aliphatic imine (C=N–C) groups is 1. The van der Waals surface area contributed by atoms with Gasteiger partial charge in [-0.1, -0.05) is 79.9 Å². The summed E-state index contributed by atoms with van der Waals surface area (Å²) in [5.74, 6) is 2.10. The molecule has 35 heavy (non-hydrogen) atoms. The summed E-state index contributed by atoms with van der Waals surface area (Å²) < 4.78 is 11.7. The normalized spacial score (nSPS) is 14.5. The first kappa shape index (κ1) is 23.8. The summed E-state index contributed by atoms with van der Waals surface area (Å²) in [5.41, 5.74) is 6.09. The Bertz CT molecular complexity index is 1270. The molecule has 0 spiro atoms. The molecule has 0 N–H and O–H groups in total. The van der Waals surface area contributed by atoms with Crippen molar-refractivity contribution >= 4 is 17.5 Å². The first-order chi connectivity index (χ1) is 17.1. The van der Waals surface area contributed by atoms with Crippen LogP contribution in [-0.2, 0) is 11.3 Å². The lowest BCUT2D eigenvalue weighted by atomic mass is 9.97. The predicted octanol–water partition coefficient (Wildman–Crippen LogP) is 7.10. The van der Waals surface area contributed by atoms with Crippen LogP contribution in [0.2, 0.25) is 0 Å². The maximum atomic E-state index is 6.00. The monoisotopic (exact) mass is 462 g/mol. The molecule has 0 amide bonds. The predicted molar refractivity (Wildman–Crippen MR) is 145 cm³/mol. The van der Waals surface area contributed by atoms with Crippen LogP contribution in [0, 0.1) is 0 Å². The van der Waals surface area contributed by atoms with Gasteiger partial charge in [0.05, 0.1) is 17.9 Å². The molecule has 0 saturated carbocycles. The second-order valence-electron chi connectivity index (χ2n) is 8.04. The lowest BCUT2D eigenvalue weighted by Crippen LogP contribution is -2.22. The molecule has 1 aliphatic heterocycles. The number of hydrogen-bond donors (Lipinski definition) is 0. The van der Waals surface area contributed by atoms with E-state index in [0.29, 0.717) is 19.0 Å². The summed E-state index contributed by atoms with van der Waals surface area (Å²) in [6, 6.07) is 28.6. The molecule has 0 bridgehead atoms. The maximum absolute atomic E-state index is 6.00. The van der Waals surface area contributed by atoms with Crippen molar-refractivity contribution in [2.24, 2.45) is 4.99 Å². The molecule has 0 fully saturated rings. The lowest BCUT2D eigenvalue weighted by molar-refractivity contribution is 0.239. The SMILES string of the molecule is C=C/C(C(=C)OCC)=C1/N=CC(c2ccccc2)=C(c2ccc(OCc3ccccc3)cc2)N1C. The molecule has 1 heterocycles. The van der Waals surface area contributed by atoms with Crippen LogP contribution in [0.5, 0.6) is 5.75 Å². The van der Waals surface area contributed by atoms with Crippen LogP contribution in [0.25, 0.3) is 11.3 Å². The number of hydrogen-bond acceptors (Lipinski definition) is 4. The van der Waals surface area contributed by atoms with Crippen molar-refractivity contribution in [3.63, 3.8) is 0 Å². The molecule has 3 aromatic carbocycles. The largest absolute Gasteiger partial charge is 0.494 e. The number of ether oxygens (including phenoxy) is 2. The maximum Gasteiger partial charge on any atom is 0.143 e. The van der Waals surface area contributed by atoms with Crippen molar-refractivity contribution in [2.45, 2.75) is 13.5 Å². The van der Waals surface area contributed by atoms with E-state index in [1.165, 1.54) is 0 Å². The van der Waals surface area contributed by atoms with Gasteiger partial charge in [-0.15, -0.1) is 0 Å². The van der Waals surface area contributed by atoms with Crippen molar-refractivity contribution in [2.75, 3.05) is 13.7 Å². The van der Waals surface area contributed by atoms with E-state index < -0.39 is 0 Å². The third-order valence-electron chi connectivity index (χ3n) is 5.75. The van der Waals surface area contributed by atoms with Crippen LogP contribution in [0.4, 0.5) is 0 Å². The molecule has 4 nitrogen and oxygen atoms in total. The molecule has 0 saturated heterocycles. The fourth-order valence-corrected chi connectivity index (χ4v) is 4.02. The Morgan fingerprint density at radius 3 is 2.20 bits per heavy atom. The second kappa shape index (κ2) is 11.2. The molecule has 0 aliphatic carbocycles. The van der Waals surface area contributed by atoms with Crippen LogP contribution >= 0.6 is 0 Å². The van der Waals surface area contributed by atoms with Gasteiger partial charge in [0.1, 0.15) is 23.9 Å². The van der Waals surface area contributed by atoms with Crippen LogP contribution < -0.4 is 4.74 Å². The third kappa shape index (κ3) is 5.44. The molecule has 0 atom stereocenters. The summed E-state index contributed by atoms with van der Waals surface area (Å²) in [4.78, 5) is 6.86. The zero-order chi connectivity index (χ0) is 24.6. The topological polar surface area (TPSA) is 34.1 Å². The summed E-state index contributed by atoms with van der Waals surface area (Å²) in [7, 11) is 2.01. The molecular weight excluding hydrogens is 432 g/mol. The quantitative estimate of drug-likeness (QED) is 0.318. The van der Waals surface area contributed by atoms with Gasteiger partial charge in [-0.05, 0) is 47.9 Å². The van der Waals surface area contributed by atoms with Crippen LogP contribution in [0.1, 0.15) is 23.6 Å². The van der Waals surface area contributed by atoms with Gasteiger partial charge in [0.2, 0.25) is 0 Å². The minimum absolute atomic E-state index is 0.527. The standard InChI is InChI=1S/C31H30N2O2/c1-5-28(23(3)34-6-2)31-32-21-29(25-15-11-8-12-16-25)30(33(31)4)26-17-19-27(20-18-26)35-22-24-13-9-7-10-14-24/h5,7-21H,1,3,6,22H2,2,4H3/b31-28+. The van der Waals surface area contributed by atoms with Gasteiger partial charge in [-0.25, -0.2) is 4.99 Å². The van der Waals surface area contributed by atoms with Crippen molar-refractivity contribution in [3.8, 4) is 5.75 Å². The van der Waals surface area contributed by atoms with Crippen molar-refractivity contribution in [1.29, 1.82) is 0 Å². The molecule has 4 rings (SSSR count). The fraction of sp³-hybridized carbons (Fsp3) is 0.129. The Morgan fingerprint density at radius 1 is 0.914 bits per heavy atom. The van der Waals surface area contributed by atoms with Gasteiger partial charge in [0, 0.05) is 18.8 Å². The van der Waals surface area contributed by atoms with Gasteiger partial charge >= 0.3 is 0 Å². The summed E-state index contributed by atoms with van der Waals surface area (Å²) in [6.45, 7) is 11.0. The number of allylic oxidation sites excluding steroid dienone is 2. The van der Waals surface area contributed by atoms with Crippen molar-refractivity contribution in [1.82, 2.24) is 4.90 Å². The van der Waals surface area contributed by atoms with Crippen molar-refractivity contribution in [3.05, 3.63) is 138 Å². The van der Waals surface area contributed by atoms with E-state index >= 15 is 0 Å². The second-order valence-corrected chi connectivity index (χ2v) is 8.04. The highest BCUT2D eigenvalue weighted by molar-refractivity contribution is 6.20. The first-order valence-corrected chi connectivity index (χ1v) is 11.7. The minimum atomic E-state index is 0.527. The third-order valence-corrected chi connectivity index (χ3v) is 5.75. The van der Waals surface area contributed by atoms with E-state index in [1.807, 2.05) is 68.7 Å². The minimum Gasteiger partial charge on any atom is -0.494 e. The highest BCUT2D eigenvalue weighted by Gasteiger charge is 2.24. The molecule has 4 heteroatoms. The molecule has 0 aromatic heterocycles. The molecular formula is C31H30N2O2. The lowest BCUT2D eigenvalue weighted by Gasteiger charge is -2.31. The summed E-state index contributed by atoms with van der Waals surface area (Å²) in [5, 5.41) is 0. The van der Waals surface area contributed by atoms with Gasteiger partial charge in [0.15, 0.2) is 0 Å². The smallest absolute Gasteiger partial charge is 0.143 e. The Labute approximate surface area is 207 Å². The van der Waals surface area contributed by atoms with E-state index in [-0.39, 0.29) is 0 Å². The fourth-order valence-electron chi connectivity index (χ4n) is 4.02. The Balaban J connectivity index is 1.71. The van der Waals surface area contributed by atoms with Gasteiger partial charge in [-0.2, -0.15) is 0 Å². The summed E-state index contributed by atoms with van der Waals surface area (Å²) >= 11 is 0. The highest BCUT2D eigenvalue weighted by Crippen LogP contribution is 2.36. The zero-order valence-corrected chi connectivity index (χ0v) is 20.3. The number of nitrogens with zero attached hydrogens (tertiary/aromatic N) is 2. The van der Waals surface area contributed by atoms with Crippen LogP contribution in [0.3, 0.4) is 0 Å². The zero-order valence-electron chi connectivity index (χ0n) is 20.3. The van der Waals surface area contributed by atoms with E-state index in [1.54, 1.807) is 6.08 Å². The van der Waals surface area contributed by atoms with Crippen LogP contribution in [0.15, 0.2) is 126 Å². The molecule has 1 aliphatic rings. The number of benzene rings is 3. The van der Waals surface area contributed by atoms with Crippen molar-refractivity contribution < 1.29 is 9.47 Å². The Morgan fingerprint density at radius 2 is 1.57 bits per heavy atom. The first-order valence-electron chi connectivity index (χ1n) is 11.7. The highest BCUT2D eigenvalue weighted by atomic mass is 16.5. The average molecular weight is 463 g/mol. The molecule has 0 radical (unpaired) electrons. The summed E-state index contributed by atoms with van der Waals surface area (Å²) in [6.07, 6.45) is 3.65. The van der Waals surface area contributed by atoms with Gasteiger partial charge in [0.25, 0.3) is 0 Å². The van der Waals surface area contributed by atoms with Crippen LogP contribution in [-0.4, -0.2) is 24.8 Å². The van der Waals surface area contributed by atoms with E-state index in [0.717, 1.165) is 45.1 Å². The van der Waals surface area contributed by atoms with E-state index in [4.69, 9.17) is 14.5 Å². The van der Waals surface area contributed by atoms with E-state index in [2.05, 4.69) is 54.5 Å². The van der Waals surface area contributed by atoms with Gasteiger partial charge < -0.3 is 14.4 Å².